The van der Waals surface area contributed by atoms with E-state index in [1.54, 1.807) is 0 Å². The largest absolute Gasteiger partial charge is 0.331 e. The van der Waals surface area contributed by atoms with E-state index in [1.165, 1.54) is 36.1 Å². The van der Waals surface area contributed by atoms with E-state index in [1.807, 2.05) is 11.8 Å². The van der Waals surface area contributed by atoms with Gasteiger partial charge in [-0.25, -0.2) is 0 Å². The van der Waals surface area contributed by atoms with Crippen molar-refractivity contribution in [3.63, 3.8) is 0 Å². The topological polar surface area (TPSA) is 34.8 Å². The van der Waals surface area contributed by atoms with Gasteiger partial charge in [-0.05, 0) is 62.5 Å². The van der Waals surface area contributed by atoms with Gasteiger partial charge in [0.25, 0.3) is 0 Å². The predicted octanol–water partition coefficient (Wildman–Crippen LogP) is 5.72. The Morgan fingerprint density at radius 3 is 2.54 bits per heavy atom. The molecule has 2 aromatic rings. The Kier molecular flexibility index (Phi) is 4.48. The SMILES string of the molecule is CC(C)c1cc2[nH]c(=S)[nH]c2c(Cl)c1SC1CC2CCC(C1)N2C. The van der Waals surface area contributed by atoms with E-state index in [9.17, 15) is 0 Å². The number of thioether (sulfide) groups is 1. The molecule has 2 bridgehead atoms. The number of benzene rings is 1. The number of H-pyrrole nitrogens is 2. The maximum atomic E-state index is 6.81. The van der Waals surface area contributed by atoms with Crippen molar-refractivity contribution in [1.82, 2.24) is 14.9 Å². The molecular weight excluding hydrogens is 358 g/mol. The Hall–Kier alpha value is -0.490. The van der Waals surface area contributed by atoms with Crippen molar-refractivity contribution >= 4 is 46.6 Å². The first-order valence-electron chi connectivity index (χ1n) is 8.77. The van der Waals surface area contributed by atoms with Crippen molar-refractivity contribution in [3.05, 3.63) is 21.4 Å². The molecule has 0 spiro atoms. The van der Waals surface area contributed by atoms with Gasteiger partial charge >= 0.3 is 0 Å². The second kappa shape index (κ2) is 6.35. The summed E-state index contributed by atoms with van der Waals surface area (Å²) in [5.41, 5.74) is 3.29. The predicted molar refractivity (Wildman–Crippen MR) is 106 cm³/mol. The second-order valence-corrected chi connectivity index (χ2v) is 9.62. The smallest absolute Gasteiger partial charge is 0.175 e. The van der Waals surface area contributed by atoms with Crippen LogP contribution in [0, 0.1) is 4.77 Å². The highest BCUT2D eigenvalue weighted by Crippen LogP contribution is 2.46. The summed E-state index contributed by atoms with van der Waals surface area (Å²) >= 11 is 14.1. The summed E-state index contributed by atoms with van der Waals surface area (Å²) in [6, 6.07) is 3.73. The van der Waals surface area contributed by atoms with Crippen LogP contribution in [0.5, 0.6) is 0 Å². The molecule has 6 heteroatoms. The van der Waals surface area contributed by atoms with E-state index in [0.29, 0.717) is 15.9 Å². The zero-order valence-electron chi connectivity index (χ0n) is 14.4. The number of rotatable bonds is 3. The monoisotopic (exact) mass is 381 g/mol. The molecule has 2 unspecified atom stereocenters. The number of imidazole rings is 1. The molecule has 0 saturated carbocycles. The van der Waals surface area contributed by atoms with Crippen LogP contribution in [0.25, 0.3) is 11.0 Å². The van der Waals surface area contributed by atoms with Gasteiger partial charge in [0.1, 0.15) is 0 Å². The van der Waals surface area contributed by atoms with Crippen LogP contribution in [0.4, 0.5) is 0 Å². The Bertz CT molecular complexity index is 812. The van der Waals surface area contributed by atoms with Crippen LogP contribution in [0.1, 0.15) is 51.0 Å². The molecule has 0 amide bonds. The lowest BCUT2D eigenvalue weighted by molar-refractivity contribution is 0.183. The quantitative estimate of drug-likeness (QED) is 0.667. The van der Waals surface area contributed by atoms with Crippen molar-refractivity contribution in [3.8, 4) is 0 Å². The summed E-state index contributed by atoms with van der Waals surface area (Å²) in [6.45, 7) is 4.47. The molecule has 0 aliphatic carbocycles. The van der Waals surface area contributed by atoms with E-state index < -0.39 is 0 Å². The molecule has 2 saturated heterocycles. The van der Waals surface area contributed by atoms with Crippen molar-refractivity contribution in [1.29, 1.82) is 0 Å². The number of piperidine rings is 1. The molecule has 130 valence electrons. The number of nitrogens with zero attached hydrogens (tertiary/aromatic N) is 1. The number of hydrogen-bond donors (Lipinski definition) is 2. The summed E-state index contributed by atoms with van der Waals surface area (Å²) in [4.78, 5) is 10.3. The summed E-state index contributed by atoms with van der Waals surface area (Å²) in [6.07, 6.45) is 5.25. The normalized spacial score (nSPS) is 27.5. The summed E-state index contributed by atoms with van der Waals surface area (Å²) in [5.74, 6) is 0.439. The van der Waals surface area contributed by atoms with Crippen molar-refractivity contribution in [2.24, 2.45) is 0 Å². The van der Waals surface area contributed by atoms with Gasteiger partial charge in [-0.2, -0.15) is 0 Å². The van der Waals surface area contributed by atoms with Crippen LogP contribution >= 0.6 is 35.6 Å². The van der Waals surface area contributed by atoms with E-state index in [-0.39, 0.29) is 0 Å². The highest BCUT2D eigenvalue weighted by molar-refractivity contribution is 8.00. The standard InChI is InChI=1S/C18H24ClN3S2/c1-9(2)13-8-14-16(21-18(23)20-14)15(19)17(13)24-12-6-10-4-5-11(7-12)22(10)3/h8-12H,4-7H2,1-3H3,(H2,20,21,23). The molecule has 2 fully saturated rings. The van der Waals surface area contributed by atoms with Gasteiger partial charge in [0.15, 0.2) is 4.77 Å². The fourth-order valence-corrected chi connectivity index (χ4v) is 6.52. The average molecular weight is 382 g/mol. The van der Waals surface area contributed by atoms with Crippen LogP contribution in [0.3, 0.4) is 0 Å². The third kappa shape index (κ3) is 2.83. The maximum Gasteiger partial charge on any atom is 0.175 e. The Morgan fingerprint density at radius 2 is 1.92 bits per heavy atom. The first kappa shape index (κ1) is 17.0. The Labute approximate surface area is 157 Å². The molecule has 2 aliphatic heterocycles. The van der Waals surface area contributed by atoms with E-state index >= 15 is 0 Å². The molecule has 2 atom stereocenters. The summed E-state index contributed by atoms with van der Waals surface area (Å²) in [7, 11) is 2.29. The molecule has 4 rings (SSSR count). The Balaban J connectivity index is 1.71. The molecule has 1 aromatic carbocycles. The molecule has 3 heterocycles. The lowest BCUT2D eigenvalue weighted by atomic mass is 10.0. The van der Waals surface area contributed by atoms with Crippen molar-refractivity contribution in [2.45, 2.75) is 67.7 Å². The van der Waals surface area contributed by atoms with Crippen LogP contribution < -0.4 is 0 Å². The van der Waals surface area contributed by atoms with Crippen LogP contribution in [0.2, 0.25) is 5.02 Å². The molecule has 3 nitrogen and oxygen atoms in total. The van der Waals surface area contributed by atoms with Crippen molar-refractivity contribution in [2.75, 3.05) is 7.05 Å². The van der Waals surface area contributed by atoms with Gasteiger partial charge in [-0.1, -0.05) is 25.4 Å². The lowest BCUT2D eigenvalue weighted by Gasteiger charge is -2.36. The van der Waals surface area contributed by atoms with Gasteiger partial charge in [0.05, 0.1) is 16.1 Å². The fourth-order valence-electron chi connectivity index (χ4n) is 4.31. The third-order valence-corrected chi connectivity index (χ3v) is 7.79. The van der Waals surface area contributed by atoms with Crippen LogP contribution in [0.15, 0.2) is 11.0 Å². The van der Waals surface area contributed by atoms with Gasteiger partial charge in [0, 0.05) is 22.2 Å². The average Bonchev–Trinajstić information content (AvgIpc) is 2.97. The van der Waals surface area contributed by atoms with Crippen LogP contribution in [-0.4, -0.2) is 39.2 Å². The number of aromatic amines is 2. The molecule has 0 radical (unpaired) electrons. The highest BCUT2D eigenvalue weighted by Gasteiger charge is 2.39. The van der Waals surface area contributed by atoms with Gasteiger partial charge < -0.3 is 14.9 Å². The number of nitrogens with one attached hydrogen (secondary N) is 2. The van der Waals surface area contributed by atoms with Crippen molar-refractivity contribution < 1.29 is 0 Å². The lowest BCUT2D eigenvalue weighted by Crippen LogP contribution is -2.40. The Morgan fingerprint density at radius 1 is 1.25 bits per heavy atom. The second-order valence-electron chi connectivity index (χ2n) is 7.53. The van der Waals surface area contributed by atoms with E-state index in [4.69, 9.17) is 23.8 Å². The molecule has 24 heavy (non-hydrogen) atoms. The molecule has 2 N–H and O–H groups in total. The van der Waals surface area contributed by atoms with Gasteiger partial charge in [-0.15, -0.1) is 11.8 Å². The van der Waals surface area contributed by atoms with Gasteiger partial charge in [-0.3, -0.25) is 0 Å². The molecular formula is C18H24ClN3S2. The zero-order valence-corrected chi connectivity index (χ0v) is 16.7. The first-order valence-corrected chi connectivity index (χ1v) is 10.4. The number of fused-ring (bicyclic) bond motifs is 3. The minimum atomic E-state index is 0.439. The zero-order chi connectivity index (χ0) is 17.0. The minimum Gasteiger partial charge on any atom is -0.331 e. The van der Waals surface area contributed by atoms with E-state index in [0.717, 1.165) is 28.1 Å². The minimum absolute atomic E-state index is 0.439. The number of hydrogen-bond acceptors (Lipinski definition) is 3. The molecule has 2 aliphatic rings. The number of halogens is 1. The first-order chi connectivity index (χ1) is 11.4. The highest BCUT2D eigenvalue weighted by atomic mass is 35.5. The third-order valence-electron chi connectivity index (χ3n) is 5.70. The fraction of sp³-hybridized carbons (Fsp3) is 0.611. The maximum absolute atomic E-state index is 6.81. The molecule has 1 aromatic heterocycles. The van der Waals surface area contributed by atoms with E-state index in [2.05, 4.69) is 41.8 Å². The van der Waals surface area contributed by atoms with Crippen LogP contribution in [-0.2, 0) is 0 Å². The number of aromatic nitrogens is 2. The van der Waals surface area contributed by atoms with Gasteiger partial charge in [0.2, 0.25) is 0 Å². The summed E-state index contributed by atoms with van der Waals surface area (Å²) < 4.78 is 0.640. The summed E-state index contributed by atoms with van der Waals surface area (Å²) in [5, 5.41) is 1.49.